The molecule has 0 aliphatic carbocycles. The largest absolute Gasteiger partial charge is 0.192 e. The van der Waals surface area contributed by atoms with Gasteiger partial charge >= 0.3 is 0 Å². The zero-order valence-corrected chi connectivity index (χ0v) is 11.0. The van der Waals surface area contributed by atoms with E-state index in [9.17, 15) is 0 Å². The van der Waals surface area contributed by atoms with Crippen molar-refractivity contribution in [3.63, 3.8) is 0 Å². The van der Waals surface area contributed by atoms with Crippen LogP contribution in [0.5, 0.6) is 0 Å². The van der Waals surface area contributed by atoms with Crippen molar-refractivity contribution in [1.82, 2.24) is 0 Å². The molecule has 0 bridgehead atoms. The summed E-state index contributed by atoms with van der Waals surface area (Å²) in [5, 5.41) is 10.3. The second kappa shape index (κ2) is 5.46. The van der Waals surface area contributed by atoms with Gasteiger partial charge in [-0.15, -0.1) is 0 Å². The lowest BCUT2D eigenvalue weighted by Gasteiger charge is -2.04. The molecule has 1 nitrogen and oxygen atoms in total. The van der Waals surface area contributed by atoms with Gasteiger partial charge in [-0.2, -0.15) is 5.26 Å². The number of benzene rings is 2. The van der Waals surface area contributed by atoms with E-state index in [1.165, 1.54) is 11.8 Å². The molecule has 0 aromatic heterocycles. The summed E-state index contributed by atoms with van der Waals surface area (Å²) in [6, 6.07) is 14.9. The van der Waals surface area contributed by atoms with Gasteiger partial charge in [0.15, 0.2) is 0 Å². The summed E-state index contributed by atoms with van der Waals surface area (Å²) in [5.41, 5.74) is 0.572. The average molecular weight is 280 g/mol. The van der Waals surface area contributed by atoms with Gasteiger partial charge in [0.2, 0.25) is 0 Å². The highest BCUT2D eigenvalue weighted by atomic mass is 35.5. The first-order valence-electron chi connectivity index (χ1n) is 4.82. The van der Waals surface area contributed by atoms with Gasteiger partial charge in [-0.3, -0.25) is 0 Å². The molecule has 84 valence electrons. The summed E-state index contributed by atoms with van der Waals surface area (Å²) < 4.78 is 0. The lowest BCUT2D eigenvalue weighted by atomic mass is 10.2. The van der Waals surface area contributed by atoms with Gasteiger partial charge in [0.25, 0.3) is 0 Å². The third-order valence-electron chi connectivity index (χ3n) is 2.09. The lowest BCUT2D eigenvalue weighted by Crippen LogP contribution is -1.81. The molecule has 0 radical (unpaired) electrons. The topological polar surface area (TPSA) is 23.8 Å². The summed E-state index contributed by atoms with van der Waals surface area (Å²) in [6.45, 7) is 0. The van der Waals surface area contributed by atoms with Crippen LogP contribution >= 0.6 is 35.0 Å². The second-order valence-corrected chi connectivity index (χ2v) is 5.30. The van der Waals surface area contributed by atoms with Crippen LogP contribution < -0.4 is 0 Å². The number of nitriles is 1. The van der Waals surface area contributed by atoms with Crippen molar-refractivity contribution in [1.29, 1.82) is 5.26 Å². The van der Waals surface area contributed by atoms with Gasteiger partial charge < -0.3 is 0 Å². The van der Waals surface area contributed by atoms with E-state index in [0.29, 0.717) is 15.6 Å². The summed E-state index contributed by atoms with van der Waals surface area (Å²) in [5.74, 6) is 0. The summed E-state index contributed by atoms with van der Waals surface area (Å²) in [6.07, 6.45) is 0. The van der Waals surface area contributed by atoms with Gasteiger partial charge in [0.05, 0.1) is 5.56 Å². The fourth-order valence-corrected chi connectivity index (χ4v) is 2.70. The number of hydrogen-bond donors (Lipinski definition) is 0. The smallest absolute Gasteiger partial charge is 0.100 e. The highest BCUT2D eigenvalue weighted by molar-refractivity contribution is 7.99. The Morgan fingerprint density at radius 2 is 1.76 bits per heavy atom. The number of rotatable bonds is 2. The minimum absolute atomic E-state index is 0.567. The first-order chi connectivity index (χ1) is 8.19. The summed E-state index contributed by atoms with van der Waals surface area (Å²) >= 11 is 13.2. The lowest BCUT2D eigenvalue weighted by molar-refractivity contribution is 1.35. The third-order valence-corrected chi connectivity index (χ3v) is 3.62. The molecule has 0 saturated carbocycles. The van der Waals surface area contributed by atoms with Crippen LogP contribution in [0.4, 0.5) is 0 Å². The van der Waals surface area contributed by atoms with Gasteiger partial charge in [-0.1, -0.05) is 41.0 Å². The quantitative estimate of drug-likeness (QED) is 0.771. The van der Waals surface area contributed by atoms with Crippen molar-refractivity contribution in [2.45, 2.75) is 9.79 Å². The Labute approximate surface area is 114 Å². The average Bonchev–Trinajstić information content (AvgIpc) is 2.31. The zero-order valence-electron chi connectivity index (χ0n) is 8.65. The van der Waals surface area contributed by atoms with E-state index in [2.05, 4.69) is 6.07 Å². The van der Waals surface area contributed by atoms with E-state index >= 15 is 0 Å². The van der Waals surface area contributed by atoms with Crippen molar-refractivity contribution in [2.24, 2.45) is 0 Å². The monoisotopic (exact) mass is 279 g/mol. The SMILES string of the molecule is N#Cc1cc(Cl)ccc1Sc1cccc(Cl)c1. The van der Waals surface area contributed by atoms with Gasteiger partial charge in [-0.05, 0) is 36.4 Å². The third kappa shape index (κ3) is 3.17. The molecule has 0 N–H and O–H groups in total. The highest BCUT2D eigenvalue weighted by Crippen LogP contribution is 2.32. The summed E-state index contributed by atoms with van der Waals surface area (Å²) in [4.78, 5) is 1.87. The van der Waals surface area contributed by atoms with E-state index in [4.69, 9.17) is 28.5 Å². The maximum absolute atomic E-state index is 9.03. The minimum atomic E-state index is 0.567. The Hall–Kier alpha value is -1.14. The van der Waals surface area contributed by atoms with Crippen LogP contribution in [0.15, 0.2) is 52.3 Å². The molecule has 0 unspecified atom stereocenters. The van der Waals surface area contributed by atoms with Crippen molar-refractivity contribution in [3.05, 3.63) is 58.1 Å². The molecular weight excluding hydrogens is 273 g/mol. The van der Waals surface area contributed by atoms with E-state index in [1.54, 1.807) is 12.1 Å². The van der Waals surface area contributed by atoms with Crippen LogP contribution in [0.2, 0.25) is 10.0 Å². The molecule has 2 aromatic carbocycles. The molecule has 0 aliphatic heterocycles. The van der Waals surface area contributed by atoms with E-state index in [0.717, 1.165) is 9.79 Å². The number of halogens is 2. The van der Waals surface area contributed by atoms with Crippen LogP contribution in [0.25, 0.3) is 0 Å². The Kier molecular flexibility index (Phi) is 3.96. The molecule has 4 heteroatoms. The molecule has 2 rings (SSSR count). The molecular formula is C13H7Cl2NS. The predicted molar refractivity (Wildman–Crippen MR) is 71.7 cm³/mol. The number of hydrogen-bond acceptors (Lipinski definition) is 2. The first kappa shape index (κ1) is 12.3. The highest BCUT2D eigenvalue weighted by Gasteiger charge is 2.05. The standard InChI is InChI=1S/C13H7Cl2NS/c14-10-2-1-3-12(7-10)17-13-5-4-11(15)6-9(13)8-16/h1-7H. The molecule has 0 amide bonds. The Morgan fingerprint density at radius 3 is 2.47 bits per heavy atom. The maximum atomic E-state index is 9.03. The van der Waals surface area contributed by atoms with Gasteiger partial charge in [0.1, 0.15) is 6.07 Å². The van der Waals surface area contributed by atoms with Crippen molar-refractivity contribution < 1.29 is 0 Å². The fraction of sp³-hybridized carbons (Fsp3) is 0. The molecule has 0 aliphatic rings. The van der Waals surface area contributed by atoms with Crippen LogP contribution in [-0.2, 0) is 0 Å². The second-order valence-electron chi connectivity index (χ2n) is 3.31. The maximum Gasteiger partial charge on any atom is 0.100 e. The Balaban J connectivity index is 2.34. The predicted octanol–water partition coefficient (Wildman–Crippen LogP) is 5.02. The Morgan fingerprint density at radius 1 is 1.00 bits per heavy atom. The normalized spacial score (nSPS) is 9.94. The summed E-state index contributed by atoms with van der Waals surface area (Å²) in [7, 11) is 0. The van der Waals surface area contributed by atoms with E-state index in [1.807, 2.05) is 30.3 Å². The van der Waals surface area contributed by atoms with Crippen LogP contribution in [0, 0.1) is 11.3 Å². The zero-order chi connectivity index (χ0) is 12.3. The molecule has 2 aromatic rings. The van der Waals surface area contributed by atoms with Crippen molar-refractivity contribution in [2.75, 3.05) is 0 Å². The van der Waals surface area contributed by atoms with Crippen molar-refractivity contribution in [3.8, 4) is 6.07 Å². The van der Waals surface area contributed by atoms with Gasteiger partial charge in [-0.25, -0.2) is 0 Å². The number of nitrogens with zero attached hydrogens (tertiary/aromatic N) is 1. The Bertz CT molecular complexity index is 590. The molecule has 0 heterocycles. The first-order valence-corrected chi connectivity index (χ1v) is 6.39. The molecule has 0 fully saturated rings. The van der Waals surface area contributed by atoms with Gasteiger partial charge in [0, 0.05) is 19.8 Å². The molecule has 0 saturated heterocycles. The molecule has 17 heavy (non-hydrogen) atoms. The molecule has 0 spiro atoms. The van der Waals surface area contributed by atoms with Crippen LogP contribution in [-0.4, -0.2) is 0 Å². The molecule has 0 atom stereocenters. The minimum Gasteiger partial charge on any atom is -0.192 e. The van der Waals surface area contributed by atoms with Crippen LogP contribution in [0.3, 0.4) is 0 Å². The van der Waals surface area contributed by atoms with E-state index < -0.39 is 0 Å². The van der Waals surface area contributed by atoms with Crippen LogP contribution in [0.1, 0.15) is 5.56 Å². The van der Waals surface area contributed by atoms with E-state index in [-0.39, 0.29) is 0 Å². The van der Waals surface area contributed by atoms with Crippen molar-refractivity contribution >= 4 is 35.0 Å². The fourth-order valence-electron chi connectivity index (χ4n) is 1.34.